The van der Waals surface area contributed by atoms with Crippen LogP contribution >= 0.6 is 0 Å². The Labute approximate surface area is 217 Å². The van der Waals surface area contributed by atoms with Crippen molar-refractivity contribution >= 4 is 17.4 Å². The second kappa shape index (κ2) is 10.2. The molecule has 37 heavy (non-hydrogen) atoms. The van der Waals surface area contributed by atoms with Crippen molar-refractivity contribution in [1.29, 1.82) is 0 Å². The van der Waals surface area contributed by atoms with E-state index in [-0.39, 0.29) is 18.0 Å². The summed E-state index contributed by atoms with van der Waals surface area (Å²) in [6.45, 7) is 8.44. The van der Waals surface area contributed by atoms with Crippen LogP contribution in [0.1, 0.15) is 37.5 Å². The van der Waals surface area contributed by atoms with E-state index >= 15 is 0 Å². The van der Waals surface area contributed by atoms with Gasteiger partial charge in [-0.25, -0.2) is 9.18 Å². The number of carbonyl (C=O) groups is 1. The lowest BCUT2D eigenvalue weighted by Crippen LogP contribution is -2.32. The number of benzene rings is 3. The zero-order valence-corrected chi connectivity index (χ0v) is 22.4. The van der Waals surface area contributed by atoms with Crippen molar-refractivity contribution in [2.24, 2.45) is 0 Å². The molecule has 6 nitrogen and oxygen atoms in total. The monoisotopic (exact) mass is 504 g/mol. The van der Waals surface area contributed by atoms with Gasteiger partial charge in [-0.15, -0.1) is 0 Å². The van der Waals surface area contributed by atoms with Crippen molar-refractivity contribution in [3.63, 3.8) is 0 Å². The number of amides is 1. The van der Waals surface area contributed by atoms with Crippen LogP contribution in [-0.4, -0.2) is 37.7 Å². The van der Waals surface area contributed by atoms with E-state index in [1.165, 1.54) is 17.0 Å². The summed E-state index contributed by atoms with van der Waals surface area (Å²) in [7, 11) is 4.83. The Morgan fingerprint density at radius 3 is 2.43 bits per heavy atom. The third-order valence-electron chi connectivity index (χ3n) is 6.30. The van der Waals surface area contributed by atoms with Crippen LogP contribution in [0.15, 0.2) is 54.6 Å². The van der Waals surface area contributed by atoms with Gasteiger partial charge >= 0.3 is 6.09 Å². The highest BCUT2D eigenvalue weighted by atomic mass is 19.1. The number of allylic oxidation sites excluding steroid dienone is 1. The number of halogens is 1. The summed E-state index contributed by atoms with van der Waals surface area (Å²) in [6, 6.07) is 13.9. The molecule has 0 bridgehead atoms. The average molecular weight is 505 g/mol. The lowest BCUT2D eigenvalue weighted by atomic mass is 9.85. The topological polar surface area (TPSA) is 60.0 Å². The SMILES string of the molecule is COc1cc(OC(=O)N(C)C)ccc1-c1ccc2c(c1COc1cc(F)ccc1C)C(C)=CC(C)(C)N2. The van der Waals surface area contributed by atoms with E-state index in [1.807, 2.05) is 19.1 Å². The van der Waals surface area contributed by atoms with Gasteiger partial charge in [0.25, 0.3) is 0 Å². The molecule has 0 aromatic heterocycles. The molecule has 1 aliphatic rings. The van der Waals surface area contributed by atoms with E-state index < -0.39 is 6.09 Å². The smallest absolute Gasteiger partial charge is 0.414 e. The summed E-state index contributed by atoms with van der Waals surface area (Å²) in [4.78, 5) is 13.4. The Balaban J connectivity index is 1.83. The molecule has 0 aliphatic carbocycles. The Kier molecular flexibility index (Phi) is 7.16. The number of hydrogen-bond acceptors (Lipinski definition) is 5. The highest BCUT2D eigenvalue weighted by molar-refractivity contribution is 5.88. The Morgan fingerprint density at radius 1 is 1.00 bits per heavy atom. The first-order valence-corrected chi connectivity index (χ1v) is 12.1. The fourth-order valence-corrected chi connectivity index (χ4v) is 4.63. The van der Waals surface area contributed by atoms with Crippen molar-refractivity contribution in [3.05, 3.63) is 77.1 Å². The van der Waals surface area contributed by atoms with Crippen molar-refractivity contribution in [2.75, 3.05) is 26.5 Å². The van der Waals surface area contributed by atoms with Gasteiger partial charge in [0.15, 0.2) is 0 Å². The van der Waals surface area contributed by atoms with Gasteiger partial charge in [-0.1, -0.05) is 18.2 Å². The number of rotatable bonds is 6. The number of methoxy groups -OCH3 is 1. The number of fused-ring (bicyclic) bond motifs is 1. The zero-order valence-electron chi connectivity index (χ0n) is 22.4. The number of carbonyl (C=O) groups excluding carboxylic acids is 1. The minimum Gasteiger partial charge on any atom is -0.496 e. The highest BCUT2D eigenvalue weighted by Gasteiger charge is 2.27. The number of anilines is 1. The van der Waals surface area contributed by atoms with Crippen LogP contribution in [0, 0.1) is 12.7 Å². The average Bonchev–Trinajstić information content (AvgIpc) is 2.83. The molecular weight excluding hydrogens is 471 g/mol. The van der Waals surface area contributed by atoms with Crippen LogP contribution in [0.3, 0.4) is 0 Å². The molecule has 1 amide bonds. The minimum absolute atomic E-state index is 0.203. The molecule has 0 atom stereocenters. The molecule has 0 saturated carbocycles. The molecule has 4 rings (SSSR count). The number of aryl methyl sites for hydroxylation is 1. The molecule has 3 aromatic rings. The van der Waals surface area contributed by atoms with Crippen LogP contribution in [0.4, 0.5) is 14.9 Å². The molecule has 0 fully saturated rings. The lowest BCUT2D eigenvalue weighted by molar-refractivity contribution is 0.172. The van der Waals surface area contributed by atoms with Crippen LogP contribution in [0.2, 0.25) is 0 Å². The standard InChI is InChI=1S/C30H33FN2O4/c1-18-8-9-20(31)14-26(18)36-17-24-22(12-13-25-28(24)19(2)16-30(3,4)32-25)23-11-10-21(15-27(23)35-7)37-29(34)33(5)6/h8-16,32H,17H2,1-7H3. The number of nitrogens with zero attached hydrogens (tertiary/aromatic N) is 1. The van der Waals surface area contributed by atoms with Gasteiger partial charge in [0, 0.05) is 48.6 Å². The predicted octanol–water partition coefficient (Wildman–Crippen LogP) is 7.06. The maximum absolute atomic E-state index is 14.0. The van der Waals surface area contributed by atoms with Crippen LogP contribution in [0.25, 0.3) is 16.7 Å². The first-order valence-electron chi connectivity index (χ1n) is 12.1. The van der Waals surface area contributed by atoms with Crippen LogP contribution < -0.4 is 19.5 Å². The molecule has 0 radical (unpaired) electrons. The van der Waals surface area contributed by atoms with E-state index in [9.17, 15) is 9.18 Å². The van der Waals surface area contributed by atoms with Crippen molar-refractivity contribution < 1.29 is 23.4 Å². The summed E-state index contributed by atoms with van der Waals surface area (Å²) in [5.41, 5.74) is 6.47. The molecule has 7 heteroatoms. The molecule has 0 unspecified atom stereocenters. The molecule has 194 valence electrons. The molecule has 1 N–H and O–H groups in total. The third kappa shape index (κ3) is 5.56. The van der Waals surface area contributed by atoms with Gasteiger partial charge in [0.05, 0.1) is 12.6 Å². The van der Waals surface area contributed by atoms with Crippen molar-refractivity contribution in [3.8, 4) is 28.4 Å². The first-order chi connectivity index (χ1) is 17.5. The van der Waals surface area contributed by atoms with Gasteiger partial charge in [-0.2, -0.15) is 0 Å². The number of ether oxygens (including phenoxy) is 3. The summed E-state index contributed by atoms with van der Waals surface area (Å²) >= 11 is 0. The van der Waals surface area contributed by atoms with E-state index in [0.29, 0.717) is 17.2 Å². The van der Waals surface area contributed by atoms with E-state index in [0.717, 1.165) is 39.1 Å². The van der Waals surface area contributed by atoms with Gasteiger partial charge in [-0.05, 0) is 68.7 Å². The van der Waals surface area contributed by atoms with Gasteiger partial charge in [-0.3, -0.25) is 0 Å². The fourth-order valence-electron chi connectivity index (χ4n) is 4.63. The second-order valence-corrected chi connectivity index (χ2v) is 10.0. The predicted molar refractivity (Wildman–Crippen MR) is 145 cm³/mol. The Morgan fingerprint density at radius 2 is 1.73 bits per heavy atom. The van der Waals surface area contributed by atoms with Gasteiger partial charge in [0.1, 0.15) is 29.7 Å². The number of nitrogens with one attached hydrogen (secondary N) is 1. The normalized spacial score (nSPS) is 13.7. The molecule has 0 spiro atoms. The summed E-state index contributed by atoms with van der Waals surface area (Å²) in [6.07, 6.45) is 1.72. The largest absolute Gasteiger partial charge is 0.496 e. The van der Waals surface area contributed by atoms with E-state index in [2.05, 4.69) is 38.2 Å². The number of hydrogen-bond donors (Lipinski definition) is 1. The van der Waals surface area contributed by atoms with E-state index in [4.69, 9.17) is 14.2 Å². The lowest BCUT2D eigenvalue weighted by Gasteiger charge is -2.33. The first kappa shape index (κ1) is 26.1. The highest BCUT2D eigenvalue weighted by Crippen LogP contribution is 2.43. The quantitative estimate of drug-likeness (QED) is 0.390. The van der Waals surface area contributed by atoms with Crippen molar-refractivity contribution in [2.45, 2.75) is 39.8 Å². The van der Waals surface area contributed by atoms with Gasteiger partial charge < -0.3 is 24.4 Å². The summed E-state index contributed by atoms with van der Waals surface area (Å²) in [5.74, 6) is 1.08. The van der Waals surface area contributed by atoms with Crippen molar-refractivity contribution in [1.82, 2.24) is 4.90 Å². The molecular formula is C30H33FN2O4. The Hall–Kier alpha value is -4.00. The maximum atomic E-state index is 14.0. The minimum atomic E-state index is -0.474. The zero-order chi connectivity index (χ0) is 26.9. The second-order valence-electron chi connectivity index (χ2n) is 10.0. The molecule has 3 aromatic carbocycles. The van der Waals surface area contributed by atoms with Crippen LogP contribution in [-0.2, 0) is 6.61 Å². The fraction of sp³-hybridized carbons (Fsp3) is 0.300. The third-order valence-corrected chi connectivity index (χ3v) is 6.30. The Bertz CT molecular complexity index is 1380. The molecule has 1 aliphatic heterocycles. The van der Waals surface area contributed by atoms with Gasteiger partial charge in [0.2, 0.25) is 0 Å². The van der Waals surface area contributed by atoms with Crippen LogP contribution in [0.5, 0.6) is 17.2 Å². The summed E-state index contributed by atoms with van der Waals surface area (Å²) < 4.78 is 31.3. The maximum Gasteiger partial charge on any atom is 0.414 e. The molecule has 0 saturated heterocycles. The van der Waals surface area contributed by atoms with E-state index in [1.54, 1.807) is 39.4 Å². The molecule has 1 heterocycles. The summed E-state index contributed by atoms with van der Waals surface area (Å²) in [5, 5.41) is 3.59.